The van der Waals surface area contributed by atoms with Crippen molar-refractivity contribution in [2.45, 2.75) is 37.1 Å². The van der Waals surface area contributed by atoms with Gasteiger partial charge in [-0.2, -0.15) is 0 Å². The minimum Gasteiger partial charge on any atom is -0.480 e. The molecule has 0 fully saturated rings. The van der Waals surface area contributed by atoms with Gasteiger partial charge in [-0.05, 0) is 25.0 Å². The molecule has 0 aliphatic carbocycles. The second-order valence-electron chi connectivity index (χ2n) is 4.24. The molecule has 19 heavy (non-hydrogen) atoms. The van der Waals surface area contributed by atoms with E-state index in [0.29, 0.717) is 12.8 Å². The van der Waals surface area contributed by atoms with Crippen molar-refractivity contribution in [3.05, 3.63) is 30.3 Å². The maximum Gasteiger partial charge on any atom is 0.329 e. The molecule has 0 saturated carbocycles. The number of hydrogen-bond acceptors (Lipinski definition) is 3. The number of carboxylic acid groups (broad SMARTS) is 1. The van der Waals surface area contributed by atoms with Gasteiger partial charge in [-0.3, -0.25) is 4.79 Å². The number of amides is 1. The van der Waals surface area contributed by atoms with E-state index in [1.165, 1.54) is 11.8 Å². The lowest BCUT2D eigenvalue weighted by Crippen LogP contribution is -2.54. The zero-order valence-electron chi connectivity index (χ0n) is 11.2. The van der Waals surface area contributed by atoms with Crippen LogP contribution in [0.2, 0.25) is 0 Å². The van der Waals surface area contributed by atoms with Crippen LogP contribution in [0.5, 0.6) is 0 Å². The molecule has 0 bridgehead atoms. The first-order valence-electron chi connectivity index (χ1n) is 6.26. The topological polar surface area (TPSA) is 66.4 Å². The van der Waals surface area contributed by atoms with Crippen LogP contribution >= 0.6 is 11.8 Å². The van der Waals surface area contributed by atoms with Crippen LogP contribution in [0.4, 0.5) is 0 Å². The molecule has 0 aliphatic heterocycles. The lowest BCUT2D eigenvalue weighted by molar-refractivity contribution is -0.147. The minimum absolute atomic E-state index is 0.221. The number of carbonyl (C=O) groups is 2. The van der Waals surface area contributed by atoms with Crippen molar-refractivity contribution in [2.24, 2.45) is 0 Å². The Morgan fingerprint density at radius 2 is 1.79 bits per heavy atom. The normalized spacial score (nSPS) is 11.1. The lowest BCUT2D eigenvalue weighted by Gasteiger charge is -2.27. The van der Waals surface area contributed by atoms with Crippen LogP contribution in [-0.2, 0) is 9.59 Å². The summed E-state index contributed by atoms with van der Waals surface area (Å²) >= 11 is 1.40. The maximum atomic E-state index is 11.9. The number of rotatable bonds is 7. The Morgan fingerprint density at radius 3 is 2.26 bits per heavy atom. The Labute approximate surface area is 117 Å². The molecule has 0 aliphatic rings. The van der Waals surface area contributed by atoms with Crippen molar-refractivity contribution in [2.75, 3.05) is 5.75 Å². The fourth-order valence-electron chi connectivity index (χ4n) is 1.75. The van der Waals surface area contributed by atoms with Gasteiger partial charge in [0.15, 0.2) is 0 Å². The van der Waals surface area contributed by atoms with E-state index in [1.54, 1.807) is 13.8 Å². The summed E-state index contributed by atoms with van der Waals surface area (Å²) in [5.41, 5.74) is -1.14. The van der Waals surface area contributed by atoms with Gasteiger partial charge in [0.2, 0.25) is 5.91 Å². The summed E-state index contributed by atoms with van der Waals surface area (Å²) in [7, 11) is 0. The molecule has 1 aromatic rings. The molecule has 0 saturated heterocycles. The largest absolute Gasteiger partial charge is 0.480 e. The molecule has 0 unspecified atom stereocenters. The molecule has 1 aromatic carbocycles. The molecule has 0 spiro atoms. The molecule has 1 amide bonds. The van der Waals surface area contributed by atoms with Crippen LogP contribution in [0.1, 0.15) is 26.7 Å². The average Bonchev–Trinajstić information content (AvgIpc) is 2.43. The zero-order chi connectivity index (χ0) is 14.3. The van der Waals surface area contributed by atoms with Crippen LogP contribution in [0.3, 0.4) is 0 Å². The maximum absolute atomic E-state index is 11.9. The van der Waals surface area contributed by atoms with E-state index in [2.05, 4.69) is 5.32 Å². The van der Waals surface area contributed by atoms with Crippen LogP contribution in [0.25, 0.3) is 0 Å². The Morgan fingerprint density at radius 1 is 1.21 bits per heavy atom. The van der Waals surface area contributed by atoms with Gasteiger partial charge in [-0.25, -0.2) is 4.79 Å². The monoisotopic (exact) mass is 281 g/mol. The number of thioether (sulfide) groups is 1. The lowest BCUT2D eigenvalue weighted by atomic mass is 9.93. The van der Waals surface area contributed by atoms with Gasteiger partial charge >= 0.3 is 5.97 Å². The SMILES string of the molecule is CCC(CC)(NC(=O)CSc1ccccc1)C(=O)O. The number of benzene rings is 1. The highest BCUT2D eigenvalue weighted by Crippen LogP contribution is 2.19. The third kappa shape index (κ3) is 4.28. The van der Waals surface area contributed by atoms with Crippen molar-refractivity contribution in [1.29, 1.82) is 0 Å². The second kappa shape index (κ2) is 7.19. The first-order valence-corrected chi connectivity index (χ1v) is 7.25. The number of aliphatic carboxylic acids is 1. The van der Waals surface area contributed by atoms with Crippen molar-refractivity contribution in [3.63, 3.8) is 0 Å². The molecule has 0 aromatic heterocycles. The van der Waals surface area contributed by atoms with Gasteiger partial charge in [0, 0.05) is 4.90 Å². The van der Waals surface area contributed by atoms with E-state index in [9.17, 15) is 14.7 Å². The van der Waals surface area contributed by atoms with Crippen LogP contribution in [0, 0.1) is 0 Å². The first kappa shape index (κ1) is 15.6. The Hall–Kier alpha value is -1.49. The molecular formula is C14H19NO3S. The van der Waals surface area contributed by atoms with E-state index >= 15 is 0 Å². The van der Waals surface area contributed by atoms with Gasteiger partial charge in [-0.15, -0.1) is 11.8 Å². The molecule has 4 nitrogen and oxygen atoms in total. The fraction of sp³-hybridized carbons (Fsp3) is 0.429. The quantitative estimate of drug-likeness (QED) is 0.754. The number of carboxylic acids is 1. The predicted molar refractivity (Wildman–Crippen MR) is 76.3 cm³/mol. The summed E-state index contributed by atoms with van der Waals surface area (Å²) < 4.78 is 0. The highest BCUT2D eigenvalue weighted by atomic mass is 32.2. The molecular weight excluding hydrogens is 262 g/mol. The van der Waals surface area contributed by atoms with Gasteiger partial charge in [0.25, 0.3) is 0 Å². The van der Waals surface area contributed by atoms with Crippen LogP contribution < -0.4 is 5.32 Å². The predicted octanol–water partition coefficient (Wildman–Crippen LogP) is 2.54. The summed E-state index contributed by atoms with van der Waals surface area (Å²) in [5, 5.41) is 11.9. The third-order valence-electron chi connectivity index (χ3n) is 3.11. The summed E-state index contributed by atoms with van der Waals surface area (Å²) in [6.45, 7) is 3.53. The Kier molecular flexibility index (Phi) is 5.89. The van der Waals surface area contributed by atoms with E-state index in [-0.39, 0.29) is 11.7 Å². The average molecular weight is 281 g/mol. The summed E-state index contributed by atoms with van der Waals surface area (Å²) in [6.07, 6.45) is 0.751. The van der Waals surface area contributed by atoms with Gasteiger partial charge < -0.3 is 10.4 Å². The number of hydrogen-bond donors (Lipinski definition) is 2. The minimum atomic E-state index is -1.14. The zero-order valence-corrected chi connectivity index (χ0v) is 12.0. The molecule has 0 atom stereocenters. The van der Waals surface area contributed by atoms with Gasteiger partial charge in [0.1, 0.15) is 5.54 Å². The third-order valence-corrected chi connectivity index (χ3v) is 4.12. The van der Waals surface area contributed by atoms with E-state index < -0.39 is 11.5 Å². The van der Waals surface area contributed by atoms with Gasteiger partial charge in [0.05, 0.1) is 5.75 Å². The van der Waals surface area contributed by atoms with Crippen LogP contribution in [0.15, 0.2) is 35.2 Å². The standard InChI is InChI=1S/C14H19NO3S/c1-3-14(4-2,13(17)18)15-12(16)10-19-11-8-6-5-7-9-11/h5-9H,3-4,10H2,1-2H3,(H,15,16)(H,17,18). The van der Waals surface area contributed by atoms with E-state index in [0.717, 1.165) is 4.90 Å². The molecule has 104 valence electrons. The first-order chi connectivity index (χ1) is 9.04. The molecule has 1 rings (SSSR count). The van der Waals surface area contributed by atoms with Crippen molar-refractivity contribution < 1.29 is 14.7 Å². The summed E-state index contributed by atoms with van der Waals surface area (Å²) in [6, 6.07) is 9.55. The summed E-state index contributed by atoms with van der Waals surface area (Å²) in [5.74, 6) is -1.01. The smallest absolute Gasteiger partial charge is 0.329 e. The molecule has 0 heterocycles. The van der Waals surface area contributed by atoms with Crippen molar-refractivity contribution in [1.82, 2.24) is 5.32 Å². The van der Waals surface area contributed by atoms with Crippen molar-refractivity contribution in [3.8, 4) is 0 Å². The van der Waals surface area contributed by atoms with Crippen molar-refractivity contribution >= 4 is 23.6 Å². The summed E-state index contributed by atoms with van der Waals surface area (Å²) in [4.78, 5) is 24.1. The van der Waals surface area contributed by atoms with E-state index in [4.69, 9.17) is 0 Å². The number of nitrogens with one attached hydrogen (secondary N) is 1. The fourth-order valence-corrected chi connectivity index (χ4v) is 2.47. The Balaban J connectivity index is 2.57. The molecule has 5 heteroatoms. The second-order valence-corrected chi connectivity index (χ2v) is 5.29. The van der Waals surface area contributed by atoms with E-state index in [1.807, 2.05) is 30.3 Å². The Bertz CT molecular complexity index is 430. The molecule has 0 radical (unpaired) electrons. The van der Waals surface area contributed by atoms with Crippen LogP contribution in [-0.4, -0.2) is 28.3 Å². The van der Waals surface area contributed by atoms with Gasteiger partial charge in [-0.1, -0.05) is 32.0 Å². The number of carbonyl (C=O) groups excluding carboxylic acids is 1. The highest BCUT2D eigenvalue weighted by Gasteiger charge is 2.36. The highest BCUT2D eigenvalue weighted by molar-refractivity contribution is 8.00. The molecule has 2 N–H and O–H groups in total.